The molecule has 0 radical (unpaired) electrons. The van der Waals surface area contributed by atoms with E-state index in [1.54, 1.807) is 11.1 Å². The second kappa shape index (κ2) is 15.2. The molecule has 6 heteroatoms. The molecule has 4 nitrogen and oxygen atoms in total. The van der Waals surface area contributed by atoms with Crippen LogP contribution in [0.25, 0.3) is 0 Å². The molecule has 2 aliphatic rings. The predicted molar refractivity (Wildman–Crippen MR) is 167 cm³/mol. The number of benzene rings is 1. The number of carbonyl (C=O) groups is 2. The Bertz CT molecular complexity index is 928. The Labute approximate surface area is 245 Å². The van der Waals surface area contributed by atoms with Crippen molar-refractivity contribution in [1.82, 2.24) is 0 Å². The first kappa shape index (κ1) is 32.4. The van der Waals surface area contributed by atoms with Crippen molar-refractivity contribution >= 4 is 35.5 Å². The van der Waals surface area contributed by atoms with Gasteiger partial charge >= 0.3 is 11.9 Å². The van der Waals surface area contributed by atoms with Crippen molar-refractivity contribution in [1.29, 1.82) is 0 Å². The fraction of sp³-hybridized carbons (Fsp3) is 0.758. The molecule has 2 aliphatic heterocycles. The van der Waals surface area contributed by atoms with Crippen molar-refractivity contribution in [2.24, 2.45) is 10.8 Å². The van der Waals surface area contributed by atoms with E-state index in [0.717, 1.165) is 32.1 Å². The summed E-state index contributed by atoms with van der Waals surface area (Å²) >= 11 is 4.39. The molecule has 2 fully saturated rings. The van der Waals surface area contributed by atoms with E-state index >= 15 is 0 Å². The molecule has 0 spiro atoms. The number of hydrogen-bond acceptors (Lipinski definition) is 4. The minimum atomic E-state index is -0.688. The highest BCUT2D eigenvalue weighted by atomic mass is 32.2. The predicted octanol–water partition coefficient (Wildman–Crippen LogP) is 10.1. The molecule has 0 saturated carbocycles. The Morgan fingerprint density at radius 3 is 1.72 bits per heavy atom. The maximum absolute atomic E-state index is 11.4. The number of hydrogen-bond donors (Lipinski definition) is 2. The zero-order chi connectivity index (χ0) is 28.5. The second-order valence-electron chi connectivity index (χ2n) is 13.4. The van der Waals surface area contributed by atoms with Crippen LogP contribution in [-0.2, 0) is 9.59 Å². The van der Waals surface area contributed by atoms with Crippen LogP contribution in [0.3, 0.4) is 0 Å². The summed E-state index contributed by atoms with van der Waals surface area (Å²) < 4.78 is 0. The molecule has 1 aromatic carbocycles. The summed E-state index contributed by atoms with van der Waals surface area (Å²) in [5.74, 6) is -1.37. The maximum Gasteiger partial charge on any atom is 0.309 e. The van der Waals surface area contributed by atoms with Crippen LogP contribution in [0.2, 0.25) is 0 Å². The third kappa shape index (κ3) is 10.6. The van der Waals surface area contributed by atoms with E-state index in [-0.39, 0.29) is 11.8 Å². The molecule has 2 heterocycles. The van der Waals surface area contributed by atoms with Crippen LogP contribution in [0.15, 0.2) is 24.3 Å². The molecule has 3 rings (SSSR count). The van der Waals surface area contributed by atoms with E-state index < -0.39 is 17.4 Å². The molecule has 2 N–H and O–H groups in total. The van der Waals surface area contributed by atoms with Crippen molar-refractivity contribution in [3.8, 4) is 0 Å². The maximum atomic E-state index is 11.4. The molecule has 220 valence electrons. The monoisotopic (exact) mass is 576 g/mol. The lowest BCUT2D eigenvalue weighted by Crippen LogP contribution is -2.23. The first-order valence-electron chi connectivity index (χ1n) is 15.3. The summed E-state index contributed by atoms with van der Waals surface area (Å²) in [6.07, 6.45) is 16.6. The Hall–Kier alpha value is -1.14. The van der Waals surface area contributed by atoms with E-state index in [2.05, 4.69) is 61.6 Å². The van der Waals surface area contributed by atoms with Gasteiger partial charge in [0.1, 0.15) is 0 Å². The van der Waals surface area contributed by atoms with Crippen molar-refractivity contribution in [3.05, 3.63) is 35.4 Å². The highest BCUT2D eigenvalue weighted by molar-refractivity contribution is 8.00. The minimum absolute atomic E-state index is 0.113. The third-order valence-electron chi connectivity index (χ3n) is 8.80. The molecule has 0 aliphatic carbocycles. The van der Waals surface area contributed by atoms with Crippen molar-refractivity contribution < 1.29 is 19.8 Å². The van der Waals surface area contributed by atoms with E-state index in [4.69, 9.17) is 5.11 Å². The second-order valence-corrected chi connectivity index (χ2v) is 16.4. The highest BCUT2D eigenvalue weighted by Gasteiger charge is 2.31. The van der Waals surface area contributed by atoms with Crippen molar-refractivity contribution in [3.63, 3.8) is 0 Å². The van der Waals surface area contributed by atoms with Crippen LogP contribution in [0.4, 0.5) is 0 Å². The molecule has 0 amide bonds. The normalized spacial score (nSPS) is 24.4. The Balaban J connectivity index is 1.51. The Morgan fingerprint density at radius 1 is 0.769 bits per heavy atom. The molecule has 2 saturated heterocycles. The van der Waals surface area contributed by atoms with Gasteiger partial charge in [-0.2, -0.15) is 23.5 Å². The Morgan fingerprint density at radius 2 is 1.26 bits per heavy atom. The fourth-order valence-corrected chi connectivity index (χ4v) is 9.77. The lowest BCUT2D eigenvalue weighted by Gasteiger charge is -2.34. The van der Waals surface area contributed by atoms with Gasteiger partial charge in [0.25, 0.3) is 0 Å². The first-order chi connectivity index (χ1) is 18.5. The summed E-state index contributed by atoms with van der Waals surface area (Å²) in [6, 6.07) is 9.23. The molecular formula is C33H52O4S2. The van der Waals surface area contributed by atoms with Crippen LogP contribution < -0.4 is 0 Å². The van der Waals surface area contributed by atoms with Crippen molar-refractivity contribution in [2.75, 3.05) is 0 Å². The standard InChI is InChI=1S/C33H52O4S2/c1-32(2,23-30(34)35)21-9-7-13-24-15-11-19-28(38-24)26-17-5-6-18-27(26)29-20-12-16-25(39-29)14-8-10-22-33(3,4)31(36)37/h5-6,17-18,24-25,28-29H,7-16,19-23H2,1-4H3,(H,34,35)(H,36,37). The zero-order valence-electron chi connectivity index (χ0n) is 24.8. The molecule has 1 aromatic rings. The summed E-state index contributed by atoms with van der Waals surface area (Å²) in [5.41, 5.74) is 2.40. The zero-order valence-corrected chi connectivity index (χ0v) is 26.4. The topological polar surface area (TPSA) is 74.6 Å². The van der Waals surface area contributed by atoms with Crippen LogP contribution in [0.1, 0.15) is 146 Å². The average Bonchev–Trinajstić information content (AvgIpc) is 2.89. The van der Waals surface area contributed by atoms with E-state index in [0.29, 0.717) is 21.0 Å². The van der Waals surface area contributed by atoms with Gasteiger partial charge in [-0.15, -0.1) is 0 Å². The van der Waals surface area contributed by atoms with E-state index in [1.165, 1.54) is 57.8 Å². The summed E-state index contributed by atoms with van der Waals surface area (Å²) in [7, 11) is 0. The van der Waals surface area contributed by atoms with Crippen LogP contribution in [0, 0.1) is 10.8 Å². The quantitative estimate of drug-likeness (QED) is 0.202. The third-order valence-corrected chi connectivity index (χ3v) is 12.2. The summed E-state index contributed by atoms with van der Waals surface area (Å²) in [5, 5.41) is 21.1. The molecule has 4 atom stereocenters. The fourth-order valence-electron chi connectivity index (χ4n) is 6.30. The highest BCUT2D eigenvalue weighted by Crippen LogP contribution is 2.51. The van der Waals surface area contributed by atoms with Gasteiger partial charge in [0.15, 0.2) is 0 Å². The SMILES string of the molecule is CC(C)(CCCCC1CCCC(c2ccccc2C2CCCC(CCCCC(C)(C)C(=O)O)S2)S1)CC(=O)O. The molecule has 4 unspecified atom stereocenters. The minimum Gasteiger partial charge on any atom is -0.481 e. The largest absolute Gasteiger partial charge is 0.481 e. The van der Waals surface area contributed by atoms with E-state index in [9.17, 15) is 14.7 Å². The summed E-state index contributed by atoms with van der Waals surface area (Å²) in [4.78, 5) is 22.5. The number of thioether (sulfide) groups is 2. The first-order valence-corrected chi connectivity index (χ1v) is 17.2. The van der Waals surface area contributed by atoms with Crippen LogP contribution >= 0.6 is 23.5 Å². The number of rotatable bonds is 15. The van der Waals surface area contributed by atoms with Gasteiger partial charge in [-0.05, 0) is 81.8 Å². The number of unbranched alkanes of at least 4 members (excludes halogenated alkanes) is 2. The summed E-state index contributed by atoms with van der Waals surface area (Å²) in [6.45, 7) is 7.85. The molecule has 0 bridgehead atoms. The van der Waals surface area contributed by atoms with Gasteiger partial charge in [0.2, 0.25) is 0 Å². The number of carboxylic acids is 2. The van der Waals surface area contributed by atoms with Gasteiger partial charge < -0.3 is 10.2 Å². The van der Waals surface area contributed by atoms with Gasteiger partial charge in [-0.25, -0.2) is 0 Å². The molecule has 0 aromatic heterocycles. The molecule has 39 heavy (non-hydrogen) atoms. The van der Waals surface area contributed by atoms with Gasteiger partial charge in [0.05, 0.1) is 11.8 Å². The lowest BCUT2D eigenvalue weighted by atomic mass is 9.83. The van der Waals surface area contributed by atoms with E-state index in [1.807, 2.05) is 13.8 Å². The molecular weight excluding hydrogens is 524 g/mol. The lowest BCUT2D eigenvalue weighted by molar-refractivity contribution is -0.147. The van der Waals surface area contributed by atoms with Crippen LogP contribution in [0.5, 0.6) is 0 Å². The Kier molecular flexibility index (Phi) is 12.6. The van der Waals surface area contributed by atoms with Gasteiger partial charge in [-0.3, -0.25) is 9.59 Å². The number of carboxylic acid groups (broad SMARTS) is 2. The van der Waals surface area contributed by atoms with Crippen molar-refractivity contribution in [2.45, 2.75) is 145 Å². The smallest absolute Gasteiger partial charge is 0.309 e. The van der Waals surface area contributed by atoms with Gasteiger partial charge in [-0.1, -0.05) is 76.6 Å². The van der Waals surface area contributed by atoms with Gasteiger partial charge in [0, 0.05) is 21.0 Å². The van der Waals surface area contributed by atoms with Crippen LogP contribution in [-0.4, -0.2) is 32.7 Å². The average molecular weight is 577 g/mol. The number of aliphatic carboxylic acids is 2.